The zero-order valence-corrected chi connectivity index (χ0v) is 7.06. The largest absolute Gasteiger partial charge is 0.270 e. The molecular formula is C10H9NO2. The van der Waals surface area contributed by atoms with Gasteiger partial charge in [0.15, 0.2) is 0 Å². The topological polar surface area (TPSA) is 43.1 Å². The summed E-state index contributed by atoms with van der Waals surface area (Å²) in [4.78, 5) is 9.94. The van der Waals surface area contributed by atoms with E-state index in [2.05, 4.69) is 13.2 Å². The maximum atomic E-state index is 10.4. The summed E-state index contributed by atoms with van der Waals surface area (Å²) in [5.74, 6) is 0. The quantitative estimate of drug-likeness (QED) is 0.523. The Morgan fingerprint density at radius 1 is 1.46 bits per heavy atom. The zero-order chi connectivity index (χ0) is 9.84. The van der Waals surface area contributed by atoms with E-state index < -0.39 is 4.92 Å². The summed E-state index contributed by atoms with van der Waals surface area (Å²) in [5, 5.41) is 10.4. The first-order valence-electron chi connectivity index (χ1n) is 3.72. The lowest BCUT2D eigenvalue weighted by Crippen LogP contribution is -1.97. The first-order chi connectivity index (χ1) is 6.16. The molecule has 13 heavy (non-hydrogen) atoms. The second kappa shape index (κ2) is 3.67. The molecule has 3 nitrogen and oxygen atoms in total. The lowest BCUT2D eigenvalue weighted by molar-refractivity contribution is -0.375. The van der Waals surface area contributed by atoms with E-state index in [0.717, 1.165) is 5.56 Å². The minimum Gasteiger partial charge on any atom is -0.258 e. The van der Waals surface area contributed by atoms with Crippen LogP contribution in [0.15, 0.2) is 37.4 Å². The van der Waals surface area contributed by atoms with Crippen LogP contribution in [0, 0.1) is 10.1 Å². The third-order valence-corrected chi connectivity index (χ3v) is 1.71. The smallest absolute Gasteiger partial charge is 0.258 e. The summed E-state index contributed by atoms with van der Waals surface area (Å²) in [5.41, 5.74) is 1.14. The molecule has 0 aliphatic carbocycles. The molecule has 0 aliphatic rings. The van der Waals surface area contributed by atoms with Gasteiger partial charge in [-0.2, -0.15) is 0 Å². The fourth-order valence-electron chi connectivity index (χ4n) is 1.04. The molecule has 0 spiro atoms. The van der Waals surface area contributed by atoms with Crippen LogP contribution in [-0.4, -0.2) is 4.92 Å². The Labute approximate surface area is 76.2 Å². The molecular weight excluding hydrogens is 166 g/mol. The Morgan fingerprint density at radius 2 is 2.08 bits per heavy atom. The number of nitrogens with zero attached hydrogens (tertiary/aromatic N) is 1. The molecule has 0 aromatic heterocycles. The second-order valence-electron chi connectivity index (χ2n) is 2.50. The van der Waals surface area contributed by atoms with Crippen LogP contribution in [0.3, 0.4) is 0 Å². The van der Waals surface area contributed by atoms with Crippen molar-refractivity contribution in [2.75, 3.05) is 0 Å². The molecule has 0 saturated carbocycles. The molecule has 0 bridgehead atoms. The van der Waals surface area contributed by atoms with Crippen LogP contribution < -0.4 is 0 Å². The summed E-state index contributed by atoms with van der Waals surface area (Å²) < 4.78 is 0. The van der Waals surface area contributed by atoms with Crippen LogP contribution in [-0.2, 0) is 0 Å². The summed E-state index contributed by atoms with van der Waals surface area (Å²) in [7, 11) is 0. The van der Waals surface area contributed by atoms with Crippen molar-refractivity contribution in [2.24, 2.45) is 0 Å². The van der Waals surface area contributed by atoms with Gasteiger partial charge in [-0.1, -0.05) is 30.9 Å². The standard InChI is InChI=1S/C10H9NO2/c1-3-9-6-4-5-7-10(9)8(2)11(12)13/h3-7H,1-2H2. The number of benzene rings is 1. The lowest BCUT2D eigenvalue weighted by atomic mass is 10.1. The highest BCUT2D eigenvalue weighted by molar-refractivity contribution is 5.68. The Balaban J connectivity index is 3.20. The predicted molar refractivity (Wildman–Crippen MR) is 52.6 cm³/mol. The van der Waals surface area contributed by atoms with Crippen molar-refractivity contribution in [3.63, 3.8) is 0 Å². The van der Waals surface area contributed by atoms with Crippen LogP contribution in [0.1, 0.15) is 11.1 Å². The third-order valence-electron chi connectivity index (χ3n) is 1.71. The van der Waals surface area contributed by atoms with Crippen molar-refractivity contribution in [2.45, 2.75) is 0 Å². The van der Waals surface area contributed by atoms with Crippen LogP contribution >= 0.6 is 0 Å². The molecule has 0 aliphatic heterocycles. The molecule has 1 aromatic carbocycles. The molecule has 0 saturated heterocycles. The second-order valence-corrected chi connectivity index (χ2v) is 2.50. The van der Waals surface area contributed by atoms with Gasteiger partial charge in [0.1, 0.15) is 0 Å². The highest BCUT2D eigenvalue weighted by Crippen LogP contribution is 2.18. The predicted octanol–water partition coefficient (Wildman–Crippen LogP) is 2.58. The van der Waals surface area contributed by atoms with E-state index >= 15 is 0 Å². The lowest BCUT2D eigenvalue weighted by Gasteiger charge is -2.00. The van der Waals surface area contributed by atoms with Gasteiger partial charge in [-0.05, 0) is 18.2 Å². The monoisotopic (exact) mass is 175 g/mol. The van der Waals surface area contributed by atoms with Crippen molar-refractivity contribution in [3.05, 3.63) is 58.7 Å². The highest BCUT2D eigenvalue weighted by atomic mass is 16.6. The molecule has 0 heterocycles. The third kappa shape index (κ3) is 1.82. The van der Waals surface area contributed by atoms with Crippen LogP contribution in [0.2, 0.25) is 0 Å². The molecule has 0 N–H and O–H groups in total. The fraction of sp³-hybridized carbons (Fsp3) is 0. The normalized spacial score (nSPS) is 9.23. The molecule has 0 fully saturated rings. The average molecular weight is 175 g/mol. The van der Waals surface area contributed by atoms with Crippen molar-refractivity contribution in [1.82, 2.24) is 0 Å². The Hall–Kier alpha value is -1.90. The van der Waals surface area contributed by atoms with Gasteiger partial charge in [-0.3, -0.25) is 10.1 Å². The first-order valence-corrected chi connectivity index (χ1v) is 3.72. The van der Waals surface area contributed by atoms with Crippen molar-refractivity contribution >= 4 is 11.8 Å². The number of rotatable bonds is 3. The Morgan fingerprint density at radius 3 is 2.62 bits per heavy atom. The number of hydrogen-bond donors (Lipinski definition) is 0. The van der Waals surface area contributed by atoms with Crippen molar-refractivity contribution < 1.29 is 4.92 Å². The van der Waals surface area contributed by atoms with Crippen molar-refractivity contribution in [1.29, 1.82) is 0 Å². The van der Waals surface area contributed by atoms with E-state index in [1.807, 2.05) is 0 Å². The molecule has 3 heteroatoms. The first kappa shape index (κ1) is 9.19. The molecule has 1 aromatic rings. The molecule has 0 radical (unpaired) electrons. The summed E-state index contributed by atoms with van der Waals surface area (Å²) in [6, 6.07) is 6.95. The maximum Gasteiger partial charge on any atom is 0.270 e. The SMILES string of the molecule is C=Cc1ccccc1C(=C)[N+](=O)[O-]. The van der Waals surface area contributed by atoms with E-state index in [1.54, 1.807) is 30.3 Å². The fourth-order valence-corrected chi connectivity index (χ4v) is 1.04. The van der Waals surface area contributed by atoms with E-state index in [9.17, 15) is 10.1 Å². The van der Waals surface area contributed by atoms with Crippen LogP contribution in [0.25, 0.3) is 11.8 Å². The molecule has 66 valence electrons. The van der Waals surface area contributed by atoms with Gasteiger partial charge in [0, 0.05) is 0 Å². The Bertz CT molecular complexity index is 369. The van der Waals surface area contributed by atoms with Gasteiger partial charge in [0.25, 0.3) is 5.70 Å². The van der Waals surface area contributed by atoms with Gasteiger partial charge < -0.3 is 0 Å². The van der Waals surface area contributed by atoms with Gasteiger partial charge >= 0.3 is 0 Å². The summed E-state index contributed by atoms with van der Waals surface area (Å²) >= 11 is 0. The van der Waals surface area contributed by atoms with Gasteiger partial charge in [0.2, 0.25) is 0 Å². The minimum atomic E-state index is -0.498. The molecule has 0 amide bonds. The summed E-state index contributed by atoms with van der Waals surface area (Å²) in [6.07, 6.45) is 1.57. The molecule has 0 atom stereocenters. The zero-order valence-electron chi connectivity index (χ0n) is 7.06. The van der Waals surface area contributed by atoms with E-state index in [4.69, 9.17) is 0 Å². The van der Waals surface area contributed by atoms with E-state index in [0.29, 0.717) is 5.56 Å². The van der Waals surface area contributed by atoms with Gasteiger partial charge in [-0.15, -0.1) is 0 Å². The summed E-state index contributed by atoms with van der Waals surface area (Å²) in [6.45, 7) is 6.96. The van der Waals surface area contributed by atoms with Gasteiger partial charge in [-0.25, -0.2) is 0 Å². The van der Waals surface area contributed by atoms with E-state index in [1.165, 1.54) is 0 Å². The van der Waals surface area contributed by atoms with Gasteiger partial charge in [0.05, 0.1) is 10.5 Å². The Kier molecular flexibility index (Phi) is 2.59. The number of nitro groups is 1. The minimum absolute atomic E-state index is 0.101. The average Bonchev–Trinajstić information content (AvgIpc) is 2.16. The number of hydrogen-bond acceptors (Lipinski definition) is 2. The molecule has 0 unspecified atom stereocenters. The highest BCUT2D eigenvalue weighted by Gasteiger charge is 2.12. The van der Waals surface area contributed by atoms with Crippen LogP contribution in [0.5, 0.6) is 0 Å². The molecule has 1 rings (SSSR count). The van der Waals surface area contributed by atoms with Crippen molar-refractivity contribution in [3.8, 4) is 0 Å². The maximum absolute atomic E-state index is 10.4. The van der Waals surface area contributed by atoms with E-state index in [-0.39, 0.29) is 5.70 Å². The van der Waals surface area contributed by atoms with Crippen LogP contribution in [0.4, 0.5) is 0 Å².